The van der Waals surface area contributed by atoms with E-state index in [0.717, 1.165) is 17.7 Å². The summed E-state index contributed by atoms with van der Waals surface area (Å²) >= 11 is 0. The summed E-state index contributed by atoms with van der Waals surface area (Å²) in [6.07, 6.45) is -3.14. The first-order chi connectivity index (χ1) is 15.6. The number of hydrogen-bond donors (Lipinski definition) is 1. The fourth-order valence-electron chi connectivity index (χ4n) is 3.28. The Bertz CT molecular complexity index is 1060. The lowest BCUT2D eigenvalue weighted by molar-refractivity contribution is -0.137. The largest absolute Gasteiger partial charge is 0.497 e. The summed E-state index contributed by atoms with van der Waals surface area (Å²) in [7, 11) is 1.57. The van der Waals surface area contributed by atoms with E-state index in [-0.39, 0.29) is 30.7 Å². The molecule has 1 N–H and O–H groups in total. The van der Waals surface area contributed by atoms with Gasteiger partial charge in [-0.2, -0.15) is 13.2 Å². The summed E-state index contributed by atoms with van der Waals surface area (Å²) < 4.78 is 50.1. The Morgan fingerprint density at radius 1 is 1.09 bits per heavy atom. The Hall–Kier alpha value is -3.33. The van der Waals surface area contributed by atoms with Crippen molar-refractivity contribution in [3.63, 3.8) is 0 Å². The van der Waals surface area contributed by atoms with Gasteiger partial charge in [-0.3, -0.25) is 9.69 Å². The molecule has 3 rings (SSSR count). The smallest absolute Gasteiger partial charge is 0.416 e. The van der Waals surface area contributed by atoms with Crippen molar-refractivity contribution in [3.8, 4) is 5.75 Å². The third-order valence-electron chi connectivity index (χ3n) is 4.79. The molecule has 1 amide bonds. The van der Waals surface area contributed by atoms with E-state index >= 15 is 0 Å². The van der Waals surface area contributed by atoms with Crippen LogP contribution in [-0.4, -0.2) is 28.9 Å². The number of rotatable bonds is 9. The molecule has 2 aromatic carbocycles. The molecule has 0 saturated carbocycles. The van der Waals surface area contributed by atoms with Gasteiger partial charge in [0.15, 0.2) is 5.69 Å². The zero-order valence-corrected chi connectivity index (χ0v) is 18.6. The number of hydrogen-bond acceptors (Lipinski definition) is 5. The maximum Gasteiger partial charge on any atom is 0.416 e. The number of carbonyl (C=O) groups excluding carboxylic acids is 1. The number of benzene rings is 2. The van der Waals surface area contributed by atoms with Gasteiger partial charge in [-0.15, -0.1) is 0 Å². The SMILES string of the molecule is COc1ccc(CN(Cc2cccc(C(F)(F)F)c2)Cc2nc(C(=O)NC(C)C)co2)cc1. The molecule has 1 aromatic heterocycles. The minimum atomic E-state index is -4.42. The van der Waals surface area contributed by atoms with Crippen molar-refractivity contribution in [1.29, 1.82) is 0 Å². The monoisotopic (exact) mass is 461 g/mol. The van der Waals surface area contributed by atoms with Crippen molar-refractivity contribution in [2.75, 3.05) is 7.11 Å². The zero-order chi connectivity index (χ0) is 24.0. The number of amides is 1. The van der Waals surface area contributed by atoms with Crippen molar-refractivity contribution < 1.29 is 27.1 Å². The van der Waals surface area contributed by atoms with Gasteiger partial charge >= 0.3 is 6.18 Å². The Morgan fingerprint density at radius 2 is 1.79 bits per heavy atom. The lowest BCUT2D eigenvalue weighted by atomic mass is 10.1. The van der Waals surface area contributed by atoms with Crippen LogP contribution in [-0.2, 0) is 25.8 Å². The third-order valence-corrected chi connectivity index (χ3v) is 4.79. The van der Waals surface area contributed by atoms with Crippen LogP contribution in [0.3, 0.4) is 0 Å². The standard InChI is InChI=1S/C24H26F3N3O3/c1-16(2)28-23(31)21-15-33-22(29-21)14-30(12-17-7-9-20(32-3)10-8-17)13-18-5-4-6-19(11-18)24(25,26)27/h4-11,15-16H,12-14H2,1-3H3,(H,28,31). The molecule has 6 nitrogen and oxygen atoms in total. The van der Waals surface area contributed by atoms with Crippen LogP contribution < -0.4 is 10.1 Å². The van der Waals surface area contributed by atoms with Crippen LogP contribution >= 0.6 is 0 Å². The van der Waals surface area contributed by atoms with E-state index in [1.807, 2.05) is 43.0 Å². The summed E-state index contributed by atoms with van der Waals surface area (Å²) in [5.74, 6) is 0.653. The van der Waals surface area contributed by atoms with E-state index in [1.165, 1.54) is 12.3 Å². The van der Waals surface area contributed by atoms with E-state index in [2.05, 4.69) is 10.3 Å². The average Bonchev–Trinajstić information content (AvgIpc) is 3.22. The molecule has 0 spiro atoms. The third kappa shape index (κ3) is 7.08. The van der Waals surface area contributed by atoms with Gasteiger partial charge in [0.05, 0.1) is 19.2 Å². The lowest BCUT2D eigenvalue weighted by Gasteiger charge is -2.22. The number of carbonyl (C=O) groups is 1. The van der Waals surface area contributed by atoms with Crippen molar-refractivity contribution in [1.82, 2.24) is 15.2 Å². The summed E-state index contributed by atoms with van der Waals surface area (Å²) in [4.78, 5) is 18.3. The Morgan fingerprint density at radius 3 is 2.42 bits per heavy atom. The highest BCUT2D eigenvalue weighted by molar-refractivity contribution is 5.92. The van der Waals surface area contributed by atoms with Crippen molar-refractivity contribution in [3.05, 3.63) is 83.1 Å². The van der Waals surface area contributed by atoms with Gasteiger partial charge in [0.2, 0.25) is 5.89 Å². The molecule has 0 saturated heterocycles. The first-order valence-corrected chi connectivity index (χ1v) is 10.4. The summed E-state index contributed by atoms with van der Waals surface area (Å²) in [5, 5.41) is 2.74. The number of nitrogens with one attached hydrogen (secondary N) is 1. The molecular weight excluding hydrogens is 435 g/mol. The molecular formula is C24H26F3N3O3. The molecule has 0 fully saturated rings. The molecule has 0 unspecified atom stereocenters. The first kappa shape index (κ1) is 24.3. The van der Waals surface area contributed by atoms with Gasteiger partial charge in [-0.25, -0.2) is 4.98 Å². The van der Waals surface area contributed by atoms with Crippen LogP contribution in [0.2, 0.25) is 0 Å². The van der Waals surface area contributed by atoms with E-state index < -0.39 is 11.7 Å². The van der Waals surface area contributed by atoms with Crippen LogP contribution in [0.1, 0.15) is 46.9 Å². The minimum absolute atomic E-state index is 0.0508. The fraction of sp³-hybridized carbons (Fsp3) is 0.333. The molecule has 9 heteroatoms. The topological polar surface area (TPSA) is 67.6 Å². The molecule has 0 atom stereocenters. The van der Waals surface area contributed by atoms with Crippen LogP contribution in [0.15, 0.2) is 59.2 Å². The van der Waals surface area contributed by atoms with Crippen molar-refractivity contribution in [2.45, 2.75) is 45.7 Å². The summed E-state index contributed by atoms with van der Waals surface area (Å²) in [6.45, 7) is 4.54. The second-order valence-electron chi connectivity index (χ2n) is 7.95. The normalized spacial score (nSPS) is 11.8. The van der Waals surface area contributed by atoms with Crippen LogP contribution in [0, 0.1) is 0 Å². The maximum atomic E-state index is 13.2. The number of halogens is 3. The average molecular weight is 461 g/mol. The minimum Gasteiger partial charge on any atom is -0.497 e. The Labute approximate surface area is 190 Å². The van der Waals surface area contributed by atoms with Gasteiger partial charge in [0.1, 0.15) is 12.0 Å². The number of oxazole rings is 1. The number of nitrogens with zero attached hydrogens (tertiary/aromatic N) is 2. The quantitative estimate of drug-likeness (QED) is 0.484. The first-order valence-electron chi connectivity index (χ1n) is 10.4. The fourth-order valence-corrected chi connectivity index (χ4v) is 3.28. The number of aromatic nitrogens is 1. The highest BCUT2D eigenvalue weighted by Gasteiger charge is 2.30. The molecule has 0 aliphatic carbocycles. The van der Waals surface area contributed by atoms with Crippen LogP contribution in [0.25, 0.3) is 0 Å². The van der Waals surface area contributed by atoms with Crippen LogP contribution in [0.4, 0.5) is 13.2 Å². The molecule has 3 aromatic rings. The number of alkyl halides is 3. The lowest BCUT2D eigenvalue weighted by Crippen LogP contribution is -2.30. The maximum absolute atomic E-state index is 13.2. The van der Waals surface area contributed by atoms with Gasteiger partial charge in [-0.05, 0) is 43.2 Å². The predicted molar refractivity (Wildman–Crippen MR) is 116 cm³/mol. The van der Waals surface area contributed by atoms with Crippen molar-refractivity contribution >= 4 is 5.91 Å². The molecule has 0 aliphatic heterocycles. The molecule has 0 radical (unpaired) electrons. The Kier molecular flexibility index (Phi) is 7.75. The molecule has 0 bridgehead atoms. The molecule has 33 heavy (non-hydrogen) atoms. The second kappa shape index (κ2) is 10.5. The van der Waals surface area contributed by atoms with Gasteiger partial charge in [-0.1, -0.05) is 30.3 Å². The van der Waals surface area contributed by atoms with E-state index in [9.17, 15) is 18.0 Å². The molecule has 1 heterocycles. The zero-order valence-electron chi connectivity index (χ0n) is 18.6. The summed E-state index contributed by atoms with van der Waals surface area (Å²) in [6, 6.07) is 12.6. The second-order valence-corrected chi connectivity index (χ2v) is 7.95. The van der Waals surface area contributed by atoms with E-state index in [4.69, 9.17) is 9.15 Å². The van der Waals surface area contributed by atoms with Crippen molar-refractivity contribution in [2.24, 2.45) is 0 Å². The van der Waals surface area contributed by atoms with Gasteiger partial charge in [0.25, 0.3) is 5.91 Å². The van der Waals surface area contributed by atoms with E-state index in [0.29, 0.717) is 23.7 Å². The predicted octanol–water partition coefficient (Wildman–Crippen LogP) is 5.04. The number of methoxy groups -OCH3 is 1. The highest BCUT2D eigenvalue weighted by atomic mass is 19.4. The molecule has 0 aliphatic rings. The van der Waals surface area contributed by atoms with Crippen LogP contribution in [0.5, 0.6) is 5.75 Å². The van der Waals surface area contributed by atoms with Gasteiger partial charge in [0, 0.05) is 19.1 Å². The Balaban J connectivity index is 1.81. The molecule has 176 valence electrons. The highest BCUT2D eigenvalue weighted by Crippen LogP contribution is 2.30. The number of ether oxygens (including phenoxy) is 1. The summed E-state index contributed by atoms with van der Waals surface area (Å²) in [5.41, 5.74) is 0.894. The van der Waals surface area contributed by atoms with Gasteiger partial charge < -0.3 is 14.5 Å². The van der Waals surface area contributed by atoms with E-state index in [1.54, 1.807) is 13.2 Å².